The first-order chi connectivity index (χ1) is 12.4. The summed E-state index contributed by atoms with van der Waals surface area (Å²) in [5.41, 5.74) is -0.336. The molecule has 1 atom stereocenters. The van der Waals surface area contributed by atoms with Gasteiger partial charge in [-0.1, -0.05) is 13.8 Å². The topological polar surface area (TPSA) is 57.9 Å². The fourth-order valence-corrected chi connectivity index (χ4v) is 4.37. The Labute approximate surface area is 155 Å². The van der Waals surface area contributed by atoms with Crippen molar-refractivity contribution in [1.29, 1.82) is 0 Å². The van der Waals surface area contributed by atoms with Crippen LogP contribution in [0, 0.1) is 5.41 Å². The molecule has 26 heavy (non-hydrogen) atoms. The molecule has 144 valence electrons. The van der Waals surface area contributed by atoms with E-state index in [0.717, 1.165) is 32.0 Å². The zero-order valence-corrected chi connectivity index (χ0v) is 16.0. The van der Waals surface area contributed by atoms with Crippen LogP contribution < -0.4 is 0 Å². The van der Waals surface area contributed by atoms with E-state index in [2.05, 4.69) is 23.3 Å². The Morgan fingerprint density at radius 1 is 1.27 bits per heavy atom. The maximum atomic E-state index is 13.1. The molecule has 2 aliphatic heterocycles. The second-order valence-corrected chi connectivity index (χ2v) is 8.81. The fraction of sp³-hybridized carbons (Fsp3) is 0.750. The molecule has 1 aromatic heterocycles. The monoisotopic (exact) mass is 361 g/mol. The highest BCUT2D eigenvalue weighted by molar-refractivity contribution is 5.93. The molecule has 3 aliphatic rings. The Morgan fingerprint density at radius 3 is 2.65 bits per heavy atom. The zero-order chi connectivity index (χ0) is 18.4. The van der Waals surface area contributed by atoms with Crippen molar-refractivity contribution in [3.8, 4) is 0 Å². The summed E-state index contributed by atoms with van der Waals surface area (Å²) in [7, 11) is 0. The van der Waals surface area contributed by atoms with E-state index >= 15 is 0 Å². The number of aromatic nitrogens is 1. The molecule has 6 nitrogen and oxygen atoms in total. The fourth-order valence-electron chi connectivity index (χ4n) is 4.37. The van der Waals surface area contributed by atoms with Crippen LogP contribution in [0.2, 0.25) is 0 Å². The van der Waals surface area contributed by atoms with E-state index in [0.29, 0.717) is 32.1 Å². The lowest BCUT2D eigenvalue weighted by Gasteiger charge is -2.52. The molecular formula is C20H31N3O3. The number of aliphatic hydroxyl groups is 1. The number of ether oxygens (including phenoxy) is 1. The van der Waals surface area contributed by atoms with Gasteiger partial charge >= 0.3 is 0 Å². The van der Waals surface area contributed by atoms with Crippen LogP contribution in [0.1, 0.15) is 49.6 Å². The Balaban J connectivity index is 1.45. The van der Waals surface area contributed by atoms with Gasteiger partial charge in [0.2, 0.25) is 0 Å². The van der Waals surface area contributed by atoms with Crippen LogP contribution in [0.4, 0.5) is 0 Å². The lowest BCUT2D eigenvalue weighted by Crippen LogP contribution is -2.63. The summed E-state index contributed by atoms with van der Waals surface area (Å²) in [4.78, 5) is 17.3. The number of nitrogens with zero attached hydrogens (tertiary/aromatic N) is 3. The van der Waals surface area contributed by atoms with Gasteiger partial charge in [0.05, 0.1) is 18.8 Å². The van der Waals surface area contributed by atoms with Crippen molar-refractivity contribution < 1.29 is 14.6 Å². The second kappa shape index (κ2) is 6.66. The molecule has 1 aliphatic carbocycles. The van der Waals surface area contributed by atoms with Crippen LogP contribution in [0.25, 0.3) is 0 Å². The summed E-state index contributed by atoms with van der Waals surface area (Å²) in [5.74, 6) is 0.100. The maximum absolute atomic E-state index is 13.1. The van der Waals surface area contributed by atoms with Gasteiger partial charge in [0.25, 0.3) is 5.91 Å². The molecule has 3 heterocycles. The third-order valence-corrected chi connectivity index (χ3v) is 6.46. The zero-order valence-electron chi connectivity index (χ0n) is 16.0. The Hall–Kier alpha value is -1.37. The van der Waals surface area contributed by atoms with E-state index in [9.17, 15) is 9.90 Å². The Morgan fingerprint density at radius 2 is 2.00 bits per heavy atom. The molecule has 1 saturated carbocycles. The molecule has 1 aromatic rings. The highest BCUT2D eigenvalue weighted by atomic mass is 16.5. The number of carbonyl (C=O) groups excluding carboxylic acids is 1. The van der Waals surface area contributed by atoms with Gasteiger partial charge in [-0.2, -0.15) is 0 Å². The summed E-state index contributed by atoms with van der Waals surface area (Å²) < 4.78 is 7.55. The predicted octanol–water partition coefficient (Wildman–Crippen LogP) is 1.76. The first-order valence-electron chi connectivity index (χ1n) is 9.88. The van der Waals surface area contributed by atoms with E-state index in [4.69, 9.17) is 4.74 Å². The second-order valence-electron chi connectivity index (χ2n) is 8.81. The van der Waals surface area contributed by atoms with Crippen molar-refractivity contribution in [3.05, 3.63) is 24.0 Å². The lowest BCUT2D eigenvalue weighted by atomic mass is 9.69. The van der Waals surface area contributed by atoms with Crippen molar-refractivity contribution >= 4 is 5.91 Å². The summed E-state index contributed by atoms with van der Waals surface area (Å²) in [5, 5.41) is 11.4. The van der Waals surface area contributed by atoms with Crippen molar-refractivity contribution in [2.75, 3.05) is 45.9 Å². The summed E-state index contributed by atoms with van der Waals surface area (Å²) in [6.45, 7) is 9.25. The van der Waals surface area contributed by atoms with E-state index < -0.39 is 5.60 Å². The number of β-amino-alcohol motifs (C(OH)–C–C–N with tert-alkyl or cyclic N) is 1. The molecule has 0 aromatic carbocycles. The van der Waals surface area contributed by atoms with Crippen LogP contribution >= 0.6 is 0 Å². The van der Waals surface area contributed by atoms with E-state index in [1.165, 1.54) is 12.8 Å². The molecule has 3 fully saturated rings. The third kappa shape index (κ3) is 3.30. The molecule has 6 heteroatoms. The highest BCUT2D eigenvalue weighted by Gasteiger charge is 2.49. The highest BCUT2D eigenvalue weighted by Crippen LogP contribution is 2.41. The summed E-state index contributed by atoms with van der Waals surface area (Å²) in [6.07, 6.45) is 4.97. The van der Waals surface area contributed by atoms with Crippen molar-refractivity contribution in [3.63, 3.8) is 0 Å². The van der Waals surface area contributed by atoms with Gasteiger partial charge < -0.3 is 19.3 Å². The number of carbonyl (C=O) groups is 1. The molecular weight excluding hydrogens is 330 g/mol. The number of morpholine rings is 1. The molecule has 0 radical (unpaired) electrons. The van der Waals surface area contributed by atoms with Gasteiger partial charge in [0.15, 0.2) is 0 Å². The Bertz CT molecular complexity index is 661. The first kappa shape index (κ1) is 18.0. The van der Waals surface area contributed by atoms with Gasteiger partial charge in [-0.05, 0) is 31.4 Å². The van der Waals surface area contributed by atoms with Crippen LogP contribution in [0.3, 0.4) is 0 Å². The molecule has 4 rings (SSSR count). The van der Waals surface area contributed by atoms with Crippen molar-refractivity contribution in [1.82, 2.24) is 14.4 Å². The molecule has 2 saturated heterocycles. The minimum absolute atomic E-state index is 0.100. The molecule has 1 N–H and O–H groups in total. The summed E-state index contributed by atoms with van der Waals surface area (Å²) in [6, 6.07) is 4.40. The van der Waals surface area contributed by atoms with Gasteiger partial charge in [-0.3, -0.25) is 9.69 Å². The number of likely N-dealkylation sites (tertiary alicyclic amines) is 1. The predicted molar refractivity (Wildman–Crippen MR) is 99.2 cm³/mol. The van der Waals surface area contributed by atoms with Crippen LogP contribution in [-0.4, -0.2) is 76.9 Å². The molecule has 0 unspecified atom stereocenters. The van der Waals surface area contributed by atoms with Crippen molar-refractivity contribution in [2.45, 2.75) is 44.8 Å². The van der Waals surface area contributed by atoms with Crippen LogP contribution in [-0.2, 0) is 4.74 Å². The lowest BCUT2D eigenvalue weighted by molar-refractivity contribution is -0.133. The SMILES string of the molecule is CC1(C)CN(C(=O)c2cccn2C2CC2)CC[C@]1(O)CN1CCOCC1. The average Bonchev–Trinajstić information content (AvgIpc) is 3.34. The number of rotatable bonds is 4. The minimum atomic E-state index is -0.778. The van der Waals surface area contributed by atoms with Gasteiger partial charge in [0.1, 0.15) is 5.69 Å². The maximum Gasteiger partial charge on any atom is 0.270 e. The third-order valence-electron chi connectivity index (χ3n) is 6.46. The number of amides is 1. The number of piperidine rings is 1. The molecule has 1 amide bonds. The normalized spacial score (nSPS) is 29.7. The number of hydrogen-bond donors (Lipinski definition) is 1. The van der Waals surface area contributed by atoms with Gasteiger partial charge in [0, 0.05) is 50.4 Å². The molecule has 0 spiro atoms. The van der Waals surface area contributed by atoms with E-state index in [-0.39, 0.29) is 11.3 Å². The standard InChI is InChI=1S/C20H31N3O3/c1-19(2)14-22(18(24)17-4-3-8-23(17)16-5-6-16)9-7-20(19,25)15-21-10-12-26-13-11-21/h3-4,8,16,25H,5-7,9-15H2,1-2H3/t20-/m0/s1. The minimum Gasteiger partial charge on any atom is -0.388 e. The van der Waals surface area contributed by atoms with Crippen molar-refractivity contribution in [2.24, 2.45) is 5.41 Å². The van der Waals surface area contributed by atoms with Gasteiger partial charge in [-0.15, -0.1) is 0 Å². The largest absolute Gasteiger partial charge is 0.388 e. The summed E-state index contributed by atoms with van der Waals surface area (Å²) >= 11 is 0. The van der Waals surface area contributed by atoms with E-state index in [1.807, 2.05) is 23.2 Å². The quantitative estimate of drug-likeness (QED) is 0.888. The van der Waals surface area contributed by atoms with E-state index in [1.54, 1.807) is 0 Å². The Kier molecular flexibility index (Phi) is 4.61. The average molecular weight is 361 g/mol. The molecule has 0 bridgehead atoms. The van der Waals surface area contributed by atoms with Crippen LogP contribution in [0.5, 0.6) is 0 Å². The van der Waals surface area contributed by atoms with Crippen LogP contribution in [0.15, 0.2) is 18.3 Å². The number of hydrogen-bond acceptors (Lipinski definition) is 4. The smallest absolute Gasteiger partial charge is 0.270 e. The first-order valence-corrected chi connectivity index (χ1v) is 9.88. The van der Waals surface area contributed by atoms with Gasteiger partial charge in [-0.25, -0.2) is 0 Å².